The highest BCUT2D eigenvalue weighted by Crippen LogP contribution is 2.16. The van der Waals surface area contributed by atoms with Gasteiger partial charge in [-0.25, -0.2) is 10.1 Å². The Kier molecular flexibility index (Phi) is 6.47. The Balaban J connectivity index is 1.28. The van der Waals surface area contributed by atoms with Crippen LogP contribution < -0.4 is 14.9 Å². The van der Waals surface area contributed by atoms with Crippen LogP contribution in [-0.2, 0) is 6.61 Å². The van der Waals surface area contributed by atoms with Crippen LogP contribution in [0.1, 0.15) is 21.6 Å². The Bertz CT molecular complexity index is 1190. The highest BCUT2D eigenvalue weighted by atomic mass is 16.5. The Hall–Kier alpha value is -4.53. The van der Waals surface area contributed by atoms with Gasteiger partial charge < -0.3 is 9.47 Å². The molecule has 0 bridgehead atoms. The van der Waals surface area contributed by atoms with Crippen molar-refractivity contribution in [3.05, 3.63) is 96.1 Å². The summed E-state index contributed by atoms with van der Waals surface area (Å²) in [6, 6.07) is 18.1. The average Bonchev–Trinajstić information content (AvgIpc) is 3.33. The molecule has 0 saturated carbocycles. The Morgan fingerprint density at radius 3 is 2.47 bits per heavy atom. The predicted octanol–water partition coefficient (Wildman–Crippen LogP) is 3.01. The minimum atomic E-state index is -0.300. The molecular weight excluding hydrogens is 408 g/mol. The number of benzene rings is 2. The Labute approximate surface area is 184 Å². The molecule has 160 valence electrons. The summed E-state index contributed by atoms with van der Waals surface area (Å²) in [5.74, 6) is 1.16. The van der Waals surface area contributed by atoms with Crippen LogP contribution in [0.15, 0.2) is 84.4 Å². The molecule has 0 aliphatic rings. The van der Waals surface area contributed by atoms with E-state index in [0.717, 1.165) is 17.0 Å². The molecule has 32 heavy (non-hydrogen) atoms. The van der Waals surface area contributed by atoms with Crippen molar-refractivity contribution in [3.63, 3.8) is 0 Å². The zero-order valence-electron chi connectivity index (χ0n) is 17.3. The molecule has 0 aliphatic carbocycles. The molecule has 2 heterocycles. The fourth-order valence-corrected chi connectivity index (χ4v) is 2.77. The van der Waals surface area contributed by atoms with E-state index < -0.39 is 0 Å². The molecule has 2 aromatic carbocycles. The molecule has 4 aromatic rings. The number of methoxy groups -OCH3 is 1. The Morgan fingerprint density at radius 2 is 1.75 bits per heavy atom. The van der Waals surface area contributed by atoms with Gasteiger partial charge in [-0.3, -0.25) is 9.78 Å². The van der Waals surface area contributed by atoms with Gasteiger partial charge in [-0.05, 0) is 66.2 Å². The van der Waals surface area contributed by atoms with Crippen LogP contribution in [0.4, 0.5) is 0 Å². The van der Waals surface area contributed by atoms with Crippen LogP contribution in [0.2, 0.25) is 0 Å². The van der Waals surface area contributed by atoms with Crippen molar-refractivity contribution in [1.29, 1.82) is 0 Å². The molecule has 9 heteroatoms. The van der Waals surface area contributed by atoms with E-state index in [2.05, 4.69) is 25.8 Å². The van der Waals surface area contributed by atoms with E-state index in [9.17, 15) is 4.79 Å². The molecule has 0 unspecified atom stereocenters. The van der Waals surface area contributed by atoms with Crippen molar-refractivity contribution in [3.8, 4) is 17.2 Å². The molecule has 1 N–H and O–H groups in total. The number of carbonyl (C=O) groups excluding carboxylic acids is 1. The number of pyridine rings is 1. The number of nitrogens with zero attached hydrogens (tertiary/aromatic N) is 5. The predicted molar refractivity (Wildman–Crippen MR) is 118 cm³/mol. The lowest BCUT2D eigenvalue weighted by Crippen LogP contribution is -2.17. The largest absolute Gasteiger partial charge is 0.497 e. The lowest BCUT2D eigenvalue weighted by molar-refractivity contribution is 0.0955. The zero-order valence-corrected chi connectivity index (χ0v) is 17.3. The molecule has 0 fully saturated rings. The van der Waals surface area contributed by atoms with E-state index in [1.54, 1.807) is 42.5 Å². The van der Waals surface area contributed by atoms with E-state index >= 15 is 0 Å². The summed E-state index contributed by atoms with van der Waals surface area (Å²) in [7, 11) is 1.63. The molecule has 0 spiro atoms. The quantitative estimate of drug-likeness (QED) is 0.342. The lowest BCUT2D eigenvalue weighted by atomic mass is 10.2. The first-order valence-electron chi connectivity index (χ1n) is 9.73. The molecule has 0 radical (unpaired) electrons. The van der Waals surface area contributed by atoms with Crippen LogP contribution in [0.3, 0.4) is 0 Å². The van der Waals surface area contributed by atoms with Gasteiger partial charge in [0.1, 0.15) is 23.8 Å². The topological polar surface area (TPSA) is 104 Å². The second kappa shape index (κ2) is 9.98. The van der Waals surface area contributed by atoms with Crippen LogP contribution in [0.25, 0.3) is 5.69 Å². The molecule has 2 aromatic heterocycles. The zero-order chi connectivity index (χ0) is 22.2. The van der Waals surface area contributed by atoms with Crippen molar-refractivity contribution in [2.45, 2.75) is 6.61 Å². The number of hydrazone groups is 1. The summed E-state index contributed by atoms with van der Waals surface area (Å²) in [5.41, 5.74) is 5.36. The number of hydrogen-bond donors (Lipinski definition) is 1. The van der Waals surface area contributed by atoms with Gasteiger partial charge in [0.2, 0.25) is 0 Å². The van der Waals surface area contributed by atoms with E-state index in [-0.39, 0.29) is 12.5 Å². The number of rotatable bonds is 8. The average molecular weight is 428 g/mol. The van der Waals surface area contributed by atoms with E-state index in [4.69, 9.17) is 9.47 Å². The molecule has 4 rings (SSSR count). The Morgan fingerprint density at radius 1 is 1.03 bits per heavy atom. The van der Waals surface area contributed by atoms with E-state index in [1.165, 1.54) is 0 Å². The molecule has 0 aliphatic heterocycles. The summed E-state index contributed by atoms with van der Waals surface area (Å²) in [6.07, 6.45) is 6.48. The molecule has 9 nitrogen and oxygen atoms in total. The van der Waals surface area contributed by atoms with Crippen molar-refractivity contribution in [2.75, 3.05) is 7.11 Å². The highest BCUT2D eigenvalue weighted by Gasteiger charge is 2.05. The van der Waals surface area contributed by atoms with Crippen molar-refractivity contribution in [2.24, 2.45) is 5.10 Å². The lowest BCUT2D eigenvalue weighted by Gasteiger charge is -2.04. The van der Waals surface area contributed by atoms with Crippen LogP contribution in [-0.4, -0.2) is 39.2 Å². The molecule has 0 saturated heterocycles. The summed E-state index contributed by atoms with van der Waals surface area (Å²) < 4.78 is 12.6. The molecular formula is C23H20N6O3. The second-order valence-electron chi connectivity index (χ2n) is 6.65. The van der Waals surface area contributed by atoms with Gasteiger partial charge in [0.05, 0.1) is 25.2 Å². The van der Waals surface area contributed by atoms with Gasteiger partial charge in [-0.1, -0.05) is 5.21 Å². The fourth-order valence-electron chi connectivity index (χ4n) is 2.77. The van der Waals surface area contributed by atoms with E-state index in [0.29, 0.717) is 17.0 Å². The summed E-state index contributed by atoms with van der Waals surface area (Å²) in [4.78, 5) is 15.8. The first-order chi connectivity index (χ1) is 15.7. The minimum Gasteiger partial charge on any atom is -0.497 e. The monoisotopic (exact) mass is 428 g/mol. The highest BCUT2D eigenvalue weighted by molar-refractivity contribution is 5.94. The first-order valence-corrected chi connectivity index (χ1v) is 9.73. The van der Waals surface area contributed by atoms with Gasteiger partial charge in [-0.15, -0.1) is 5.10 Å². The third-order valence-corrected chi connectivity index (χ3v) is 4.47. The second-order valence-corrected chi connectivity index (χ2v) is 6.65. The van der Waals surface area contributed by atoms with Gasteiger partial charge in [0.15, 0.2) is 0 Å². The number of carbonyl (C=O) groups is 1. The van der Waals surface area contributed by atoms with E-state index in [1.807, 2.05) is 54.7 Å². The smallest absolute Gasteiger partial charge is 0.271 e. The van der Waals surface area contributed by atoms with Crippen molar-refractivity contribution < 1.29 is 14.3 Å². The maximum absolute atomic E-state index is 11.9. The molecule has 0 atom stereocenters. The normalized spacial score (nSPS) is 10.8. The number of hydrogen-bond acceptors (Lipinski definition) is 7. The minimum absolute atomic E-state index is 0.283. The summed E-state index contributed by atoms with van der Waals surface area (Å²) in [5, 5.41) is 12.2. The third-order valence-electron chi connectivity index (χ3n) is 4.47. The summed E-state index contributed by atoms with van der Waals surface area (Å²) >= 11 is 0. The third kappa shape index (κ3) is 5.33. The first kappa shape index (κ1) is 20.7. The fraction of sp³-hybridized carbons (Fsp3) is 0.0870. The summed E-state index contributed by atoms with van der Waals surface area (Å²) in [6.45, 7) is 0.283. The number of nitrogens with one attached hydrogen (secondary N) is 1. The maximum Gasteiger partial charge on any atom is 0.271 e. The standard InChI is InChI=1S/C23H20N6O3/c1-31-21-8-4-20(5-9-21)29-15-19(26-28-29)16-32-22-6-2-17(3-7-22)14-25-27-23(30)18-10-12-24-13-11-18/h2-15H,16H2,1H3,(H,27,30)/b25-14+. The van der Waals surface area contributed by atoms with Gasteiger partial charge >= 0.3 is 0 Å². The number of ether oxygens (including phenoxy) is 2. The SMILES string of the molecule is COc1ccc(-n2cc(COc3ccc(/C=N/NC(=O)c4ccncc4)cc3)nn2)cc1. The van der Waals surface area contributed by atoms with Crippen LogP contribution >= 0.6 is 0 Å². The van der Waals surface area contributed by atoms with Gasteiger partial charge in [0, 0.05) is 18.0 Å². The van der Waals surface area contributed by atoms with Gasteiger partial charge in [0.25, 0.3) is 5.91 Å². The van der Waals surface area contributed by atoms with Crippen LogP contribution in [0.5, 0.6) is 11.5 Å². The van der Waals surface area contributed by atoms with Gasteiger partial charge in [-0.2, -0.15) is 5.10 Å². The number of aromatic nitrogens is 4. The number of amides is 1. The van der Waals surface area contributed by atoms with Crippen LogP contribution in [0, 0.1) is 0 Å². The van der Waals surface area contributed by atoms with Crippen molar-refractivity contribution >= 4 is 12.1 Å². The maximum atomic E-state index is 11.9. The van der Waals surface area contributed by atoms with Crippen molar-refractivity contribution in [1.82, 2.24) is 25.4 Å². The molecule has 1 amide bonds.